The quantitative estimate of drug-likeness (QED) is 0.867. The van der Waals surface area contributed by atoms with Gasteiger partial charge in [0.05, 0.1) is 13.0 Å². The van der Waals surface area contributed by atoms with Gasteiger partial charge >= 0.3 is 0 Å². The summed E-state index contributed by atoms with van der Waals surface area (Å²) in [5, 5.41) is 13.5. The number of carbonyl (C=O) groups excluding carboxylic acids is 1. The van der Waals surface area contributed by atoms with Crippen molar-refractivity contribution in [3.8, 4) is 0 Å². The Hall–Kier alpha value is -1.72. The number of nitrogens with one attached hydrogen (secondary N) is 1. The minimum Gasteiger partial charge on any atom is -0.392 e. The van der Waals surface area contributed by atoms with Gasteiger partial charge in [0.1, 0.15) is 5.82 Å². The van der Waals surface area contributed by atoms with Crippen LogP contribution in [0.4, 0.5) is 5.82 Å². The molecule has 0 aliphatic rings. The Morgan fingerprint density at radius 3 is 2.88 bits per heavy atom. The second-order valence-electron chi connectivity index (χ2n) is 3.51. The van der Waals surface area contributed by atoms with Crippen molar-refractivity contribution in [1.82, 2.24) is 4.98 Å². The minimum absolute atomic E-state index is 0.0452. The van der Waals surface area contributed by atoms with Gasteiger partial charge in [0, 0.05) is 11.1 Å². The Kier molecular flexibility index (Phi) is 3.85. The lowest BCUT2D eigenvalue weighted by Gasteiger charge is -2.03. The molecule has 1 amide bonds. The fourth-order valence-corrected chi connectivity index (χ4v) is 2.05. The van der Waals surface area contributed by atoms with Gasteiger partial charge < -0.3 is 10.4 Å². The molecule has 0 fully saturated rings. The van der Waals surface area contributed by atoms with Crippen molar-refractivity contribution in [2.45, 2.75) is 13.0 Å². The number of hydrogen-bond donors (Lipinski definition) is 2. The third-order valence-electron chi connectivity index (χ3n) is 2.19. The number of pyridine rings is 1. The summed E-state index contributed by atoms with van der Waals surface area (Å²) >= 11 is 1.55. The molecule has 0 saturated carbocycles. The summed E-state index contributed by atoms with van der Waals surface area (Å²) < 4.78 is 0. The molecule has 2 aromatic heterocycles. The van der Waals surface area contributed by atoms with E-state index in [1.165, 1.54) is 0 Å². The lowest BCUT2D eigenvalue weighted by Crippen LogP contribution is -2.14. The summed E-state index contributed by atoms with van der Waals surface area (Å²) in [4.78, 5) is 16.7. The molecule has 0 aliphatic carbocycles. The van der Waals surface area contributed by atoms with Gasteiger partial charge in [0.15, 0.2) is 0 Å². The van der Waals surface area contributed by atoms with Crippen LogP contribution >= 0.6 is 11.3 Å². The van der Waals surface area contributed by atoms with Crippen LogP contribution in [0, 0.1) is 0 Å². The highest BCUT2D eigenvalue weighted by molar-refractivity contribution is 7.10. The van der Waals surface area contributed by atoms with Crippen molar-refractivity contribution < 1.29 is 9.90 Å². The molecule has 0 aliphatic heterocycles. The first-order chi connectivity index (χ1) is 8.28. The second-order valence-corrected chi connectivity index (χ2v) is 4.55. The Labute approximate surface area is 103 Å². The molecule has 0 spiro atoms. The standard InChI is InChI=1S/C12H12N2O2S/c15-8-9-3-4-11(13-7-9)14-12(16)6-10-2-1-5-17-10/h1-5,7,15H,6,8H2,(H,13,14,16). The van der Waals surface area contributed by atoms with Gasteiger partial charge in [-0.15, -0.1) is 11.3 Å². The molecule has 0 saturated heterocycles. The molecule has 0 atom stereocenters. The van der Waals surface area contributed by atoms with E-state index in [2.05, 4.69) is 10.3 Å². The lowest BCUT2D eigenvalue weighted by atomic mass is 10.3. The van der Waals surface area contributed by atoms with Crippen LogP contribution in [-0.4, -0.2) is 16.0 Å². The van der Waals surface area contributed by atoms with Crippen LogP contribution in [0.2, 0.25) is 0 Å². The van der Waals surface area contributed by atoms with Crippen LogP contribution < -0.4 is 5.32 Å². The molecule has 0 unspecified atom stereocenters. The van der Waals surface area contributed by atoms with Crippen molar-refractivity contribution in [3.63, 3.8) is 0 Å². The normalized spacial score (nSPS) is 10.2. The van der Waals surface area contributed by atoms with Crippen molar-refractivity contribution in [2.75, 3.05) is 5.32 Å². The molecule has 5 heteroatoms. The first-order valence-electron chi connectivity index (χ1n) is 5.16. The fraction of sp³-hybridized carbons (Fsp3) is 0.167. The summed E-state index contributed by atoms with van der Waals surface area (Å²) in [5.41, 5.74) is 0.723. The molecule has 0 aromatic carbocycles. The highest BCUT2D eigenvalue weighted by Crippen LogP contribution is 2.11. The molecule has 88 valence electrons. The Balaban J connectivity index is 1.93. The number of aliphatic hydroxyl groups is 1. The van der Waals surface area contributed by atoms with E-state index >= 15 is 0 Å². The van der Waals surface area contributed by atoms with Gasteiger partial charge in [0.2, 0.25) is 5.91 Å². The van der Waals surface area contributed by atoms with E-state index in [1.54, 1.807) is 29.7 Å². The minimum atomic E-state index is -0.0864. The molecular formula is C12H12N2O2S. The molecule has 0 radical (unpaired) electrons. The molecule has 2 heterocycles. The molecule has 4 nitrogen and oxygen atoms in total. The first kappa shape index (κ1) is 11.8. The van der Waals surface area contributed by atoms with Gasteiger partial charge in [-0.3, -0.25) is 4.79 Å². The predicted molar refractivity (Wildman–Crippen MR) is 66.8 cm³/mol. The number of hydrogen-bond acceptors (Lipinski definition) is 4. The summed E-state index contributed by atoms with van der Waals surface area (Å²) in [7, 11) is 0. The van der Waals surface area contributed by atoms with Crippen molar-refractivity contribution in [1.29, 1.82) is 0 Å². The molecule has 17 heavy (non-hydrogen) atoms. The average molecular weight is 248 g/mol. The third-order valence-corrected chi connectivity index (χ3v) is 3.07. The van der Waals surface area contributed by atoms with E-state index in [9.17, 15) is 4.79 Å². The number of carbonyl (C=O) groups is 1. The molecular weight excluding hydrogens is 236 g/mol. The van der Waals surface area contributed by atoms with E-state index in [0.29, 0.717) is 12.2 Å². The van der Waals surface area contributed by atoms with Gasteiger partial charge in [-0.2, -0.15) is 0 Å². The number of thiophene rings is 1. The monoisotopic (exact) mass is 248 g/mol. The highest BCUT2D eigenvalue weighted by atomic mass is 32.1. The summed E-state index contributed by atoms with van der Waals surface area (Å²) in [6, 6.07) is 7.25. The first-order valence-corrected chi connectivity index (χ1v) is 6.04. The van der Waals surface area contributed by atoms with Gasteiger partial charge in [0.25, 0.3) is 0 Å². The van der Waals surface area contributed by atoms with E-state index < -0.39 is 0 Å². The van der Waals surface area contributed by atoms with E-state index in [-0.39, 0.29) is 12.5 Å². The van der Waals surface area contributed by atoms with Gasteiger partial charge in [-0.25, -0.2) is 4.98 Å². The zero-order chi connectivity index (χ0) is 12.1. The number of aromatic nitrogens is 1. The van der Waals surface area contributed by atoms with Crippen LogP contribution in [0.25, 0.3) is 0 Å². The van der Waals surface area contributed by atoms with Crippen LogP contribution in [0.5, 0.6) is 0 Å². The zero-order valence-electron chi connectivity index (χ0n) is 9.09. The number of rotatable bonds is 4. The van der Waals surface area contributed by atoms with Crippen LogP contribution in [0.3, 0.4) is 0 Å². The Morgan fingerprint density at radius 1 is 1.41 bits per heavy atom. The second kappa shape index (κ2) is 5.56. The van der Waals surface area contributed by atoms with E-state index in [1.807, 2.05) is 17.5 Å². The molecule has 2 N–H and O–H groups in total. The van der Waals surface area contributed by atoms with Crippen LogP contribution in [0.15, 0.2) is 35.8 Å². The Bertz CT molecular complexity index is 480. The summed E-state index contributed by atoms with van der Waals surface area (Å²) in [6.07, 6.45) is 1.90. The zero-order valence-corrected chi connectivity index (χ0v) is 9.91. The Morgan fingerprint density at radius 2 is 2.29 bits per heavy atom. The van der Waals surface area contributed by atoms with Crippen LogP contribution in [-0.2, 0) is 17.8 Å². The van der Waals surface area contributed by atoms with E-state index in [0.717, 1.165) is 10.4 Å². The number of aliphatic hydroxyl groups excluding tert-OH is 1. The third kappa shape index (κ3) is 3.37. The van der Waals surface area contributed by atoms with Gasteiger partial charge in [-0.1, -0.05) is 12.1 Å². The molecule has 2 aromatic rings. The maximum Gasteiger partial charge on any atom is 0.230 e. The highest BCUT2D eigenvalue weighted by Gasteiger charge is 2.05. The number of anilines is 1. The number of nitrogens with zero attached hydrogens (tertiary/aromatic N) is 1. The topological polar surface area (TPSA) is 62.2 Å². The molecule has 0 bridgehead atoms. The predicted octanol–water partition coefficient (Wildman–Crippen LogP) is 1.82. The van der Waals surface area contributed by atoms with Gasteiger partial charge in [-0.05, 0) is 23.1 Å². The van der Waals surface area contributed by atoms with Crippen molar-refractivity contribution in [3.05, 3.63) is 46.3 Å². The maximum atomic E-state index is 11.6. The average Bonchev–Trinajstić information content (AvgIpc) is 2.82. The molecule has 2 rings (SSSR count). The van der Waals surface area contributed by atoms with Crippen LogP contribution in [0.1, 0.15) is 10.4 Å². The fourth-order valence-electron chi connectivity index (χ4n) is 1.35. The van der Waals surface area contributed by atoms with Crippen molar-refractivity contribution >= 4 is 23.1 Å². The maximum absolute atomic E-state index is 11.6. The lowest BCUT2D eigenvalue weighted by molar-refractivity contribution is -0.115. The smallest absolute Gasteiger partial charge is 0.230 e. The number of amides is 1. The summed E-state index contributed by atoms with van der Waals surface area (Å²) in [5.74, 6) is 0.417. The SMILES string of the molecule is O=C(Cc1cccs1)Nc1ccc(CO)cn1. The van der Waals surface area contributed by atoms with E-state index in [4.69, 9.17) is 5.11 Å². The summed E-state index contributed by atoms with van der Waals surface area (Å²) in [6.45, 7) is -0.0452. The van der Waals surface area contributed by atoms with Crippen molar-refractivity contribution in [2.24, 2.45) is 0 Å². The largest absolute Gasteiger partial charge is 0.392 e.